The van der Waals surface area contributed by atoms with Gasteiger partial charge in [-0.15, -0.1) is 0 Å². The lowest BCUT2D eigenvalue weighted by Gasteiger charge is -2.42. The molecule has 2 nitrogen and oxygen atoms in total. The molecule has 13 heavy (non-hydrogen) atoms. The van der Waals surface area contributed by atoms with Crippen LogP contribution in [0.2, 0.25) is 0 Å². The monoisotopic (exact) mass is 180 g/mol. The summed E-state index contributed by atoms with van der Waals surface area (Å²) in [7, 11) is 5.78. The third-order valence-electron chi connectivity index (χ3n) is 3.36. The Labute approximate surface area is 81.4 Å². The minimum atomic E-state index is -0.304. The molecule has 1 aliphatic rings. The van der Waals surface area contributed by atoms with Gasteiger partial charge in [-0.1, -0.05) is 20.8 Å². The molecule has 2 unspecified atom stereocenters. The van der Waals surface area contributed by atoms with Gasteiger partial charge in [-0.25, -0.2) is 0 Å². The van der Waals surface area contributed by atoms with Gasteiger partial charge in [-0.05, 0) is 24.7 Å². The van der Waals surface area contributed by atoms with Crippen LogP contribution >= 0.6 is 0 Å². The van der Waals surface area contributed by atoms with Crippen molar-refractivity contribution in [3.63, 3.8) is 0 Å². The van der Waals surface area contributed by atoms with E-state index in [1.807, 2.05) is 0 Å². The van der Waals surface area contributed by atoms with Gasteiger partial charge in [0.25, 0.3) is 0 Å². The molecule has 0 amide bonds. The van der Waals surface area contributed by atoms with Crippen molar-refractivity contribution in [1.29, 1.82) is 0 Å². The fourth-order valence-electron chi connectivity index (χ4n) is 1.94. The third kappa shape index (κ3) is 1.96. The van der Waals surface area contributed by atoms with Crippen LogP contribution in [-0.4, -0.2) is 25.7 Å². The van der Waals surface area contributed by atoms with Crippen LogP contribution in [0.25, 0.3) is 0 Å². The molecule has 0 aliphatic carbocycles. The minimum absolute atomic E-state index is 0.0849. The summed E-state index contributed by atoms with van der Waals surface area (Å²) >= 11 is 0. The number of hydrogen-bond donors (Lipinski definition) is 0. The molecule has 1 aliphatic heterocycles. The minimum Gasteiger partial charge on any atom is -0.376 e. The zero-order valence-electron chi connectivity index (χ0n) is 8.78. The van der Waals surface area contributed by atoms with Gasteiger partial charge in [0, 0.05) is 6.00 Å². The number of carbonyl (C=O) groups is 1. The number of Topliss-reactive ketones (excluding diaryl/α,β-unsaturated/α-hetero) is 1. The number of hydrogen-bond acceptors (Lipinski definition) is 2. The van der Waals surface area contributed by atoms with Gasteiger partial charge in [-0.3, -0.25) is 4.79 Å². The number of carbonyl (C=O) groups excluding carboxylic acids is 1. The molecule has 1 fully saturated rings. The fourth-order valence-corrected chi connectivity index (χ4v) is 1.94. The molecule has 1 heterocycles. The van der Waals surface area contributed by atoms with Gasteiger partial charge in [-0.2, -0.15) is 0 Å². The fraction of sp³-hybridized carbons (Fsp3) is 0.900. The van der Waals surface area contributed by atoms with Crippen molar-refractivity contribution >= 4 is 13.6 Å². The average molecular weight is 180 g/mol. The van der Waals surface area contributed by atoms with Crippen LogP contribution in [0.4, 0.5) is 0 Å². The lowest BCUT2D eigenvalue weighted by atomic mass is 9.70. The van der Waals surface area contributed by atoms with Crippen LogP contribution in [0.1, 0.15) is 27.7 Å². The molecule has 0 spiro atoms. The first kappa shape index (κ1) is 10.8. The molecular weight excluding hydrogens is 163 g/mol. The standard InChI is InChI=1S/C10H17BO2/c1-5-6(2)9(8(4)12)13-10(11)7(5)3/h5-7,9-10H,1-4H3/t5?,6?,7-,9+,10-/m1/s1. The first-order valence-corrected chi connectivity index (χ1v) is 4.86. The second-order valence-corrected chi connectivity index (χ2v) is 4.21. The predicted octanol–water partition coefficient (Wildman–Crippen LogP) is 1.38. The van der Waals surface area contributed by atoms with E-state index in [1.54, 1.807) is 6.92 Å². The molecule has 0 aromatic carbocycles. The van der Waals surface area contributed by atoms with E-state index >= 15 is 0 Å². The Balaban J connectivity index is 2.76. The Bertz CT molecular complexity index is 205. The van der Waals surface area contributed by atoms with Crippen LogP contribution in [0.3, 0.4) is 0 Å². The molecule has 1 saturated heterocycles. The molecule has 1 rings (SSSR count). The van der Waals surface area contributed by atoms with E-state index in [0.29, 0.717) is 11.8 Å². The quantitative estimate of drug-likeness (QED) is 0.569. The first-order valence-electron chi connectivity index (χ1n) is 4.86. The number of ether oxygens (including phenoxy) is 1. The lowest BCUT2D eigenvalue weighted by molar-refractivity contribution is -0.147. The predicted molar refractivity (Wildman–Crippen MR) is 52.6 cm³/mol. The average Bonchev–Trinajstić information content (AvgIpc) is 2.07. The van der Waals surface area contributed by atoms with Gasteiger partial charge >= 0.3 is 0 Å². The summed E-state index contributed by atoms with van der Waals surface area (Å²) in [5.41, 5.74) is 0. The highest BCUT2D eigenvalue weighted by molar-refractivity contribution is 6.11. The molecule has 0 aromatic rings. The van der Waals surface area contributed by atoms with E-state index in [0.717, 1.165) is 0 Å². The summed E-state index contributed by atoms with van der Waals surface area (Å²) < 4.78 is 5.47. The Morgan fingerprint density at radius 1 is 1.15 bits per heavy atom. The van der Waals surface area contributed by atoms with Crippen molar-refractivity contribution in [2.75, 3.05) is 0 Å². The van der Waals surface area contributed by atoms with Crippen LogP contribution in [0, 0.1) is 17.8 Å². The molecule has 72 valence electrons. The molecule has 0 saturated carbocycles. The highest BCUT2D eigenvalue weighted by Gasteiger charge is 2.38. The number of ketones is 1. The molecule has 5 atom stereocenters. The van der Waals surface area contributed by atoms with Gasteiger partial charge in [0.15, 0.2) is 5.78 Å². The van der Waals surface area contributed by atoms with Gasteiger partial charge in [0.05, 0.1) is 0 Å². The Morgan fingerprint density at radius 3 is 2.15 bits per heavy atom. The van der Waals surface area contributed by atoms with Crippen molar-refractivity contribution in [3.8, 4) is 0 Å². The second kappa shape index (κ2) is 3.83. The van der Waals surface area contributed by atoms with E-state index in [9.17, 15) is 4.79 Å². The Kier molecular flexibility index (Phi) is 3.17. The summed E-state index contributed by atoms with van der Waals surface area (Å²) in [5.74, 6) is 1.12. The number of rotatable bonds is 1. The van der Waals surface area contributed by atoms with E-state index in [2.05, 4.69) is 20.8 Å². The lowest BCUT2D eigenvalue weighted by Crippen LogP contribution is -2.47. The van der Waals surface area contributed by atoms with Crippen LogP contribution in [-0.2, 0) is 9.53 Å². The van der Waals surface area contributed by atoms with Crippen molar-refractivity contribution in [2.45, 2.75) is 39.8 Å². The molecular formula is C10H17BO2. The third-order valence-corrected chi connectivity index (χ3v) is 3.36. The zero-order chi connectivity index (χ0) is 10.2. The second-order valence-electron chi connectivity index (χ2n) is 4.21. The normalized spacial score (nSPS) is 46.0. The van der Waals surface area contributed by atoms with Crippen molar-refractivity contribution < 1.29 is 9.53 Å². The molecule has 3 heteroatoms. The highest BCUT2D eigenvalue weighted by Crippen LogP contribution is 2.33. The summed E-state index contributed by atoms with van der Waals surface area (Å²) in [6.45, 7) is 7.82. The van der Waals surface area contributed by atoms with Crippen LogP contribution < -0.4 is 0 Å². The van der Waals surface area contributed by atoms with Crippen LogP contribution in [0.15, 0.2) is 0 Å². The molecule has 0 N–H and O–H groups in total. The van der Waals surface area contributed by atoms with Crippen molar-refractivity contribution in [2.24, 2.45) is 17.8 Å². The van der Waals surface area contributed by atoms with E-state index in [-0.39, 0.29) is 23.8 Å². The van der Waals surface area contributed by atoms with Gasteiger partial charge < -0.3 is 4.74 Å². The summed E-state index contributed by atoms with van der Waals surface area (Å²) in [5, 5.41) is 0. The van der Waals surface area contributed by atoms with Crippen molar-refractivity contribution in [1.82, 2.24) is 0 Å². The molecule has 0 aromatic heterocycles. The van der Waals surface area contributed by atoms with E-state index in [1.165, 1.54) is 0 Å². The van der Waals surface area contributed by atoms with Gasteiger partial charge in [0.1, 0.15) is 14.0 Å². The summed E-state index contributed by atoms with van der Waals surface area (Å²) in [6.07, 6.45) is -0.304. The SMILES string of the molecule is [B][C@@H]1O[C@H](C(C)=O)C(C)C(C)[C@H]1C. The zero-order valence-corrected chi connectivity index (χ0v) is 8.78. The first-order chi connectivity index (χ1) is 5.95. The maximum atomic E-state index is 11.2. The topological polar surface area (TPSA) is 26.3 Å². The van der Waals surface area contributed by atoms with Crippen molar-refractivity contribution in [3.05, 3.63) is 0 Å². The highest BCUT2D eigenvalue weighted by atomic mass is 16.5. The molecule has 0 bridgehead atoms. The summed E-state index contributed by atoms with van der Waals surface area (Å²) in [6, 6.07) is -0.292. The van der Waals surface area contributed by atoms with E-state index in [4.69, 9.17) is 12.6 Å². The smallest absolute Gasteiger partial charge is 0.158 e. The van der Waals surface area contributed by atoms with Gasteiger partial charge in [0.2, 0.25) is 0 Å². The maximum Gasteiger partial charge on any atom is 0.158 e. The Morgan fingerprint density at radius 2 is 1.69 bits per heavy atom. The Hall–Kier alpha value is -0.305. The maximum absolute atomic E-state index is 11.2. The van der Waals surface area contributed by atoms with E-state index < -0.39 is 0 Å². The summed E-state index contributed by atoms with van der Waals surface area (Å²) in [4.78, 5) is 11.2. The largest absolute Gasteiger partial charge is 0.376 e. The molecule has 2 radical (unpaired) electrons. The van der Waals surface area contributed by atoms with Crippen LogP contribution in [0.5, 0.6) is 0 Å².